The van der Waals surface area contributed by atoms with Crippen LogP contribution in [0, 0.1) is 0 Å². The van der Waals surface area contributed by atoms with Crippen LogP contribution in [0.2, 0.25) is 0 Å². The van der Waals surface area contributed by atoms with Gasteiger partial charge in [0.25, 0.3) is 23.1 Å². The van der Waals surface area contributed by atoms with Crippen molar-refractivity contribution in [3.05, 3.63) is 81.8 Å². The highest BCUT2D eigenvalue weighted by Gasteiger charge is 2.41. The number of nitrogens with one attached hydrogen (secondary N) is 2. The zero-order chi connectivity index (χ0) is 32.4. The van der Waals surface area contributed by atoms with Gasteiger partial charge in [0.05, 0.1) is 21.1 Å². The molecule has 0 heterocycles. The van der Waals surface area contributed by atoms with Gasteiger partial charge in [-0.2, -0.15) is 0 Å². The molecule has 1 unspecified atom stereocenters. The molecule has 226 valence electrons. The van der Waals surface area contributed by atoms with Crippen LogP contribution in [0.15, 0.2) is 64.4 Å². The Kier molecular flexibility index (Phi) is 7.47. The van der Waals surface area contributed by atoms with Gasteiger partial charge in [0, 0.05) is 71.4 Å². The van der Waals surface area contributed by atoms with E-state index in [2.05, 4.69) is 9.98 Å². The SMILES string of the molecule is CS(=O)(=O)C1=CC(=[NH2+])C(=O)C([NH+]=C2C=C(S(C)(=O)=O)c3ccc([NH+]=C4C=Cc5c(cccc5S(C)(=O)=O)C4=O)cc3C2=O)C1. The monoisotopic (exact) mass is 656 g/mol. The van der Waals surface area contributed by atoms with Crippen LogP contribution in [0.5, 0.6) is 0 Å². The lowest BCUT2D eigenvalue weighted by Gasteiger charge is -2.17. The van der Waals surface area contributed by atoms with E-state index < -0.39 is 52.9 Å². The minimum absolute atomic E-state index is 0.00337. The molecular formula is C29H26N3O9S3+3. The molecule has 0 fully saturated rings. The van der Waals surface area contributed by atoms with Crippen LogP contribution in [0.1, 0.15) is 38.3 Å². The standard InChI is InChI=1S/C29H23N3O9S3/c1-42(36,37)16-12-21(30)29(35)23(13-16)32-24-14-26(44(3,40)41)18-8-7-15(11-20(18)28(24)34)31-22-10-9-17-19(27(22)33)5-4-6-25(17)43(2,38)39/h4-12,14,23,30H,13H2,1-3H3/p+3. The number of carbonyl (C=O) groups is 3. The molecule has 0 saturated carbocycles. The number of benzene rings is 2. The average Bonchev–Trinajstić information content (AvgIpc) is 2.92. The number of fused-ring (bicyclic) bond motifs is 2. The fourth-order valence-electron chi connectivity index (χ4n) is 5.10. The minimum atomic E-state index is -3.91. The summed E-state index contributed by atoms with van der Waals surface area (Å²) in [5.74, 6) is -1.84. The number of allylic oxidation sites excluding steroid dienone is 3. The number of nitrogens with two attached hydrogens (primary N) is 1. The van der Waals surface area contributed by atoms with E-state index in [0.717, 1.165) is 30.9 Å². The smallest absolute Gasteiger partial charge is 0.282 e. The summed E-state index contributed by atoms with van der Waals surface area (Å²) in [4.78, 5) is 44.9. The maximum Gasteiger partial charge on any atom is 0.293 e. The van der Waals surface area contributed by atoms with E-state index >= 15 is 0 Å². The van der Waals surface area contributed by atoms with Gasteiger partial charge in [-0.1, -0.05) is 12.1 Å². The first-order valence-corrected chi connectivity index (χ1v) is 18.5. The highest BCUT2D eigenvalue weighted by atomic mass is 32.2. The Morgan fingerprint density at radius 1 is 0.750 bits per heavy atom. The van der Waals surface area contributed by atoms with Crippen molar-refractivity contribution in [3.8, 4) is 0 Å². The van der Waals surface area contributed by atoms with Crippen molar-refractivity contribution < 1.29 is 55.0 Å². The molecule has 0 saturated heterocycles. The van der Waals surface area contributed by atoms with Crippen LogP contribution in [0.25, 0.3) is 11.0 Å². The van der Waals surface area contributed by atoms with Crippen LogP contribution in [-0.4, -0.2) is 84.5 Å². The van der Waals surface area contributed by atoms with Crippen LogP contribution in [0.4, 0.5) is 5.69 Å². The highest BCUT2D eigenvalue weighted by Crippen LogP contribution is 2.30. The molecule has 5 rings (SSSR count). The van der Waals surface area contributed by atoms with E-state index in [1.165, 1.54) is 48.6 Å². The summed E-state index contributed by atoms with van der Waals surface area (Å²) in [7, 11) is -11.2. The first-order chi connectivity index (χ1) is 20.4. The van der Waals surface area contributed by atoms with E-state index in [1.807, 2.05) is 0 Å². The highest BCUT2D eigenvalue weighted by molar-refractivity contribution is 8.00. The van der Waals surface area contributed by atoms with Crippen molar-refractivity contribution in [2.45, 2.75) is 17.4 Å². The molecule has 0 aliphatic heterocycles. The van der Waals surface area contributed by atoms with Gasteiger partial charge in [0.15, 0.2) is 29.5 Å². The molecule has 0 bridgehead atoms. The zero-order valence-corrected chi connectivity index (χ0v) is 26.0. The van der Waals surface area contributed by atoms with E-state index in [4.69, 9.17) is 5.41 Å². The molecule has 2 aromatic rings. The first kappa shape index (κ1) is 31.0. The Bertz CT molecular complexity index is 2240. The van der Waals surface area contributed by atoms with Crippen molar-refractivity contribution in [3.63, 3.8) is 0 Å². The molecule has 0 aromatic heterocycles. The predicted molar refractivity (Wildman–Crippen MR) is 161 cm³/mol. The quantitative estimate of drug-likeness (QED) is 0.295. The molecule has 15 heteroatoms. The van der Waals surface area contributed by atoms with Gasteiger partial charge >= 0.3 is 0 Å². The molecule has 0 radical (unpaired) electrons. The molecule has 0 spiro atoms. The van der Waals surface area contributed by atoms with Gasteiger partial charge in [-0.15, -0.1) is 0 Å². The van der Waals surface area contributed by atoms with Gasteiger partial charge in [0.2, 0.25) is 23.2 Å². The predicted octanol–water partition coefficient (Wildman–Crippen LogP) is -3.27. The number of ketones is 3. The fraction of sp³-hybridized carbons (Fsp3) is 0.172. The molecule has 44 heavy (non-hydrogen) atoms. The lowest BCUT2D eigenvalue weighted by Crippen LogP contribution is -2.85. The van der Waals surface area contributed by atoms with Gasteiger partial charge in [-0.05, 0) is 18.2 Å². The molecular weight excluding hydrogens is 631 g/mol. The second kappa shape index (κ2) is 10.6. The molecule has 12 nitrogen and oxygen atoms in total. The maximum absolute atomic E-state index is 13.6. The third-order valence-corrected chi connectivity index (χ3v) is 10.8. The summed E-state index contributed by atoms with van der Waals surface area (Å²) >= 11 is 0. The number of Topliss-reactive ketones (excluding diaryl/α,β-unsaturated/α-hetero) is 3. The minimum Gasteiger partial charge on any atom is -0.282 e. The van der Waals surface area contributed by atoms with Crippen molar-refractivity contribution in [1.29, 1.82) is 0 Å². The Labute approximate surface area is 252 Å². The second-order valence-electron chi connectivity index (χ2n) is 10.6. The molecule has 4 N–H and O–H groups in total. The molecule has 2 aromatic carbocycles. The Balaban J connectivity index is 1.58. The maximum atomic E-state index is 13.6. The summed E-state index contributed by atoms with van der Waals surface area (Å²) in [6.45, 7) is 0. The number of rotatable bonds is 5. The fourth-order valence-corrected chi connectivity index (χ4v) is 7.72. The first-order valence-electron chi connectivity index (χ1n) is 12.9. The third kappa shape index (κ3) is 5.73. The van der Waals surface area contributed by atoms with E-state index in [9.17, 15) is 39.6 Å². The second-order valence-corrected chi connectivity index (χ2v) is 16.6. The summed E-state index contributed by atoms with van der Waals surface area (Å²) < 4.78 is 74.1. The average molecular weight is 657 g/mol. The number of hydrogen-bond acceptors (Lipinski definition) is 9. The Morgan fingerprint density at radius 2 is 1.43 bits per heavy atom. The summed E-state index contributed by atoms with van der Waals surface area (Å²) in [5.41, 5.74) is 0.164. The van der Waals surface area contributed by atoms with Crippen LogP contribution < -0.4 is 15.4 Å². The van der Waals surface area contributed by atoms with Gasteiger partial charge in [-0.3, -0.25) is 19.8 Å². The van der Waals surface area contributed by atoms with Crippen LogP contribution in [-0.2, 0) is 34.3 Å². The summed E-state index contributed by atoms with van der Waals surface area (Å²) in [6, 6.07) is 7.32. The lowest BCUT2D eigenvalue weighted by atomic mass is 9.92. The van der Waals surface area contributed by atoms with Crippen molar-refractivity contribution >= 4 is 80.7 Å². The number of hydrogen-bond donors (Lipinski definition) is 3. The molecule has 0 amide bonds. The number of sulfone groups is 3. The lowest BCUT2D eigenvalue weighted by molar-refractivity contribution is -0.483. The van der Waals surface area contributed by atoms with E-state index in [-0.39, 0.29) is 66.2 Å². The molecule has 1 atom stereocenters. The third-order valence-electron chi connectivity index (χ3n) is 7.23. The van der Waals surface area contributed by atoms with Crippen LogP contribution >= 0.6 is 0 Å². The summed E-state index contributed by atoms with van der Waals surface area (Å²) in [5, 5.41) is 5.76. The van der Waals surface area contributed by atoms with Gasteiger partial charge in [0.1, 0.15) is 0 Å². The van der Waals surface area contributed by atoms with Crippen molar-refractivity contribution in [1.82, 2.24) is 0 Å². The normalized spacial score (nSPS) is 20.8. The Hall–Kier alpha value is -4.47. The van der Waals surface area contributed by atoms with Crippen molar-refractivity contribution in [2.24, 2.45) is 0 Å². The summed E-state index contributed by atoms with van der Waals surface area (Å²) in [6.07, 6.45) is 7.69. The van der Waals surface area contributed by atoms with E-state index in [1.54, 1.807) is 0 Å². The Morgan fingerprint density at radius 3 is 2.07 bits per heavy atom. The van der Waals surface area contributed by atoms with Gasteiger partial charge in [-0.25, -0.2) is 35.2 Å². The number of carbonyl (C=O) groups excluding carboxylic acids is 3. The molecule has 3 aliphatic rings. The van der Waals surface area contributed by atoms with Gasteiger partial charge < -0.3 is 0 Å². The van der Waals surface area contributed by atoms with Crippen molar-refractivity contribution in [2.75, 3.05) is 18.8 Å². The van der Waals surface area contributed by atoms with Crippen LogP contribution in [0.3, 0.4) is 0 Å². The van der Waals surface area contributed by atoms with E-state index in [0.29, 0.717) is 0 Å². The largest absolute Gasteiger partial charge is 0.293 e. The topological polar surface area (TPSA) is 207 Å². The zero-order valence-electron chi connectivity index (χ0n) is 23.5. The molecule has 3 aliphatic carbocycles.